The maximum absolute atomic E-state index is 10.8. The molecule has 0 fully saturated rings. The summed E-state index contributed by atoms with van der Waals surface area (Å²) < 4.78 is 0. The van der Waals surface area contributed by atoms with Gasteiger partial charge in [-0.2, -0.15) is 5.26 Å². The van der Waals surface area contributed by atoms with Gasteiger partial charge in [0.05, 0.1) is 16.6 Å². The molecule has 0 heterocycles. The summed E-state index contributed by atoms with van der Waals surface area (Å²) in [4.78, 5) is 12.3. The first-order valence-electron chi connectivity index (χ1n) is 4.86. The zero-order valence-corrected chi connectivity index (χ0v) is 9.30. The molecule has 0 aliphatic rings. The Morgan fingerprint density at radius 3 is 2.69 bits per heavy atom. The van der Waals surface area contributed by atoms with Crippen LogP contribution < -0.4 is 0 Å². The number of nitriles is 1. The molecule has 0 saturated heterocycles. The number of rotatable bonds is 4. The fourth-order valence-electron chi connectivity index (χ4n) is 1.38. The molecule has 0 N–H and O–H groups in total. The van der Waals surface area contributed by atoms with Gasteiger partial charge in [0.2, 0.25) is 0 Å². The van der Waals surface area contributed by atoms with E-state index in [0.717, 1.165) is 6.54 Å². The molecule has 1 rings (SSSR count). The Balaban J connectivity index is 3.02. The van der Waals surface area contributed by atoms with Gasteiger partial charge in [-0.1, -0.05) is 0 Å². The van der Waals surface area contributed by atoms with Gasteiger partial charge in [0, 0.05) is 18.2 Å². The molecule has 0 atom stereocenters. The van der Waals surface area contributed by atoms with E-state index >= 15 is 0 Å². The van der Waals surface area contributed by atoms with Crippen molar-refractivity contribution in [3.05, 3.63) is 39.4 Å². The lowest BCUT2D eigenvalue weighted by atomic mass is 10.1. The van der Waals surface area contributed by atoms with E-state index in [-0.39, 0.29) is 5.69 Å². The normalized spacial score (nSPS) is 10.1. The smallest absolute Gasteiger partial charge is 0.272 e. The van der Waals surface area contributed by atoms with Crippen molar-refractivity contribution in [3.63, 3.8) is 0 Å². The van der Waals surface area contributed by atoms with Crippen LogP contribution in [0.3, 0.4) is 0 Å². The lowest BCUT2D eigenvalue weighted by molar-refractivity contribution is -0.385. The summed E-state index contributed by atoms with van der Waals surface area (Å²) in [7, 11) is 3.81. The summed E-state index contributed by atoms with van der Waals surface area (Å²) in [6.07, 6.45) is 0.568. The predicted molar refractivity (Wildman–Crippen MR) is 60.1 cm³/mol. The van der Waals surface area contributed by atoms with Crippen LogP contribution in [-0.2, 0) is 6.42 Å². The van der Waals surface area contributed by atoms with Crippen LogP contribution >= 0.6 is 0 Å². The van der Waals surface area contributed by atoms with E-state index in [4.69, 9.17) is 5.26 Å². The lowest BCUT2D eigenvalue weighted by Gasteiger charge is -2.09. The van der Waals surface area contributed by atoms with E-state index in [1.165, 1.54) is 12.1 Å². The van der Waals surface area contributed by atoms with Gasteiger partial charge in [0.1, 0.15) is 0 Å². The predicted octanol–water partition coefficient (Wildman–Crippen LogP) is 1.57. The Hall–Kier alpha value is -1.93. The fraction of sp³-hybridized carbons (Fsp3) is 0.364. The number of nitro benzene ring substituents is 1. The van der Waals surface area contributed by atoms with Crippen molar-refractivity contribution < 1.29 is 4.92 Å². The van der Waals surface area contributed by atoms with E-state index < -0.39 is 4.92 Å². The Bertz CT molecular complexity index is 435. The average Bonchev–Trinajstić information content (AvgIpc) is 2.25. The third-order valence-electron chi connectivity index (χ3n) is 2.23. The first-order chi connectivity index (χ1) is 7.54. The average molecular weight is 219 g/mol. The minimum absolute atomic E-state index is 0.0841. The van der Waals surface area contributed by atoms with Gasteiger partial charge in [-0.05, 0) is 32.6 Å². The maximum Gasteiger partial charge on any atom is 0.272 e. The quantitative estimate of drug-likeness (QED) is 0.569. The molecule has 0 aromatic heterocycles. The van der Waals surface area contributed by atoms with Crippen LogP contribution in [0.15, 0.2) is 18.2 Å². The van der Waals surface area contributed by atoms with Crippen LogP contribution in [0.4, 0.5) is 5.69 Å². The van der Waals surface area contributed by atoms with Crippen molar-refractivity contribution in [2.24, 2.45) is 0 Å². The third-order valence-corrected chi connectivity index (χ3v) is 2.23. The molecule has 1 aromatic carbocycles. The molecule has 84 valence electrons. The molecular formula is C11H13N3O2. The Labute approximate surface area is 94.1 Å². The number of benzene rings is 1. The summed E-state index contributed by atoms with van der Waals surface area (Å²) in [5.74, 6) is 0. The largest absolute Gasteiger partial charge is 0.309 e. The minimum atomic E-state index is -0.411. The van der Waals surface area contributed by atoms with E-state index in [9.17, 15) is 10.1 Å². The summed E-state index contributed by atoms with van der Waals surface area (Å²) >= 11 is 0. The highest BCUT2D eigenvalue weighted by atomic mass is 16.6. The van der Waals surface area contributed by atoms with E-state index in [0.29, 0.717) is 17.5 Å². The van der Waals surface area contributed by atoms with Crippen LogP contribution in [0.2, 0.25) is 0 Å². The Kier molecular flexibility index (Phi) is 3.97. The van der Waals surface area contributed by atoms with Crippen molar-refractivity contribution >= 4 is 5.69 Å². The van der Waals surface area contributed by atoms with Crippen LogP contribution in [0.5, 0.6) is 0 Å². The van der Waals surface area contributed by atoms with Gasteiger partial charge in [-0.3, -0.25) is 10.1 Å². The number of nitro groups is 1. The SMILES string of the molecule is CN(C)CCc1cc(C#N)ccc1[N+](=O)[O-]. The van der Waals surface area contributed by atoms with Gasteiger partial charge in [-0.15, -0.1) is 0 Å². The molecular weight excluding hydrogens is 206 g/mol. The molecule has 0 saturated carbocycles. The standard InChI is InChI=1S/C11H13N3O2/c1-13(2)6-5-10-7-9(8-12)3-4-11(10)14(15)16/h3-4,7H,5-6H2,1-2H3. The number of nitrogens with zero attached hydrogens (tertiary/aromatic N) is 3. The fourth-order valence-corrected chi connectivity index (χ4v) is 1.38. The Morgan fingerprint density at radius 2 is 2.19 bits per heavy atom. The van der Waals surface area contributed by atoms with Crippen LogP contribution in [0.25, 0.3) is 0 Å². The highest BCUT2D eigenvalue weighted by Gasteiger charge is 2.13. The second kappa shape index (κ2) is 5.24. The number of hydrogen-bond acceptors (Lipinski definition) is 4. The summed E-state index contributed by atoms with van der Waals surface area (Å²) in [6.45, 7) is 0.718. The first-order valence-corrected chi connectivity index (χ1v) is 4.86. The third kappa shape index (κ3) is 3.04. The minimum Gasteiger partial charge on any atom is -0.309 e. The molecule has 1 aromatic rings. The van der Waals surface area contributed by atoms with Crippen LogP contribution in [0, 0.1) is 21.4 Å². The second-order valence-electron chi connectivity index (χ2n) is 3.77. The second-order valence-corrected chi connectivity index (χ2v) is 3.77. The van der Waals surface area contributed by atoms with Crippen molar-refractivity contribution in [1.82, 2.24) is 4.90 Å². The highest BCUT2D eigenvalue weighted by Crippen LogP contribution is 2.20. The van der Waals surface area contributed by atoms with E-state index in [2.05, 4.69) is 0 Å². The highest BCUT2D eigenvalue weighted by molar-refractivity contribution is 5.46. The molecule has 0 aliphatic heterocycles. The number of hydrogen-bond donors (Lipinski definition) is 0. The molecule has 0 amide bonds. The summed E-state index contributed by atoms with van der Waals surface area (Å²) in [5, 5.41) is 19.5. The molecule has 5 nitrogen and oxygen atoms in total. The van der Waals surface area contributed by atoms with Gasteiger partial charge in [-0.25, -0.2) is 0 Å². The zero-order chi connectivity index (χ0) is 12.1. The van der Waals surface area contributed by atoms with Crippen molar-refractivity contribution in [3.8, 4) is 6.07 Å². The van der Waals surface area contributed by atoms with Crippen molar-refractivity contribution in [2.75, 3.05) is 20.6 Å². The topological polar surface area (TPSA) is 70.2 Å². The van der Waals surface area contributed by atoms with Gasteiger partial charge in [0.25, 0.3) is 5.69 Å². The molecule has 0 bridgehead atoms. The molecule has 0 unspecified atom stereocenters. The molecule has 0 spiro atoms. The van der Waals surface area contributed by atoms with E-state index in [1.807, 2.05) is 25.1 Å². The van der Waals surface area contributed by atoms with Gasteiger partial charge >= 0.3 is 0 Å². The first kappa shape index (κ1) is 12.1. The van der Waals surface area contributed by atoms with Crippen LogP contribution in [0.1, 0.15) is 11.1 Å². The molecule has 5 heteroatoms. The zero-order valence-electron chi connectivity index (χ0n) is 9.30. The van der Waals surface area contributed by atoms with Gasteiger partial charge in [0.15, 0.2) is 0 Å². The van der Waals surface area contributed by atoms with Gasteiger partial charge < -0.3 is 4.90 Å². The summed E-state index contributed by atoms with van der Waals surface area (Å²) in [5.41, 5.74) is 1.15. The number of likely N-dealkylation sites (N-methyl/N-ethyl adjacent to an activating group) is 1. The van der Waals surface area contributed by atoms with Crippen LogP contribution in [-0.4, -0.2) is 30.5 Å². The van der Waals surface area contributed by atoms with E-state index in [1.54, 1.807) is 6.07 Å². The lowest BCUT2D eigenvalue weighted by Crippen LogP contribution is -2.15. The van der Waals surface area contributed by atoms with Crippen molar-refractivity contribution in [1.29, 1.82) is 5.26 Å². The summed E-state index contributed by atoms with van der Waals surface area (Å²) in [6, 6.07) is 6.43. The Morgan fingerprint density at radius 1 is 1.50 bits per heavy atom. The van der Waals surface area contributed by atoms with Crippen molar-refractivity contribution in [2.45, 2.75) is 6.42 Å². The maximum atomic E-state index is 10.8. The molecule has 16 heavy (non-hydrogen) atoms. The molecule has 0 aliphatic carbocycles. The molecule has 0 radical (unpaired) electrons. The monoisotopic (exact) mass is 219 g/mol.